The molecule has 0 saturated carbocycles. The highest BCUT2D eigenvalue weighted by molar-refractivity contribution is 5.77. The van der Waals surface area contributed by atoms with Crippen molar-refractivity contribution in [2.24, 2.45) is 5.92 Å². The first-order valence-electron chi connectivity index (χ1n) is 10.1. The molecule has 28 heavy (non-hydrogen) atoms. The summed E-state index contributed by atoms with van der Waals surface area (Å²) in [6.45, 7) is 8.42. The molecule has 0 radical (unpaired) electrons. The van der Waals surface area contributed by atoms with Gasteiger partial charge in [-0.3, -0.25) is 9.36 Å². The first kappa shape index (κ1) is 19.9. The van der Waals surface area contributed by atoms with Gasteiger partial charge in [0.05, 0.1) is 17.0 Å². The Hall–Kier alpha value is -2.87. The van der Waals surface area contributed by atoms with Crippen molar-refractivity contribution in [1.29, 1.82) is 5.26 Å². The average molecular weight is 377 g/mol. The number of nitrogens with zero attached hydrogens (tertiary/aromatic N) is 4. The number of aryl methyl sites for hydroxylation is 1. The molecule has 5 nitrogen and oxygen atoms in total. The molecule has 5 heteroatoms. The summed E-state index contributed by atoms with van der Waals surface area (Å²) in [5.41, 5.74) is 2.62. The van der Waals surface area contributed by atoms with Gasteiger partial charge in [-0.15, -0.1) is 0 Å². The number of fused-ring (bicyclic) bond motifs is 1. The van der Waals surface area contributed by atoms with Crippen molar-refractivity contribution in [2.75, 3.05) is 13.1 Å². The molecule has 3 rings (SSSR count). The molecule has 1 aliphatic rings. The normalized spacial score (nSPS) is 16.4. The van der Waals surface area contributed by atoms with Gasteiger partial charge in [0.1, 0.15) is 5.82 Å². The van der Waals surface area contributed by atoms with E-state index in [0.717, 1.165) is 55.0 Å². The van der Waals surface area contributed by atoms with E-state index >= 15 is 0 Å². The number of nitriles is 1. The van der Waals surface area contributed by atoms with E-state index in [1.165, 1.54) is 0 Å². The third-order valence-corrected chi connectivity index (χ3v) is 5.53. The van der Waals surface area contributed by atoms with Gasteiger partial charge in [-0.2, -0.15) is 5.26 Å². The number of allylic oxidation sites excluding steroid dienone is 3. The summed E-state index contributed by atoms with van der Waals surface area (Å²) in [6, 6.07) is 9.86. The number of aromatic nitrogens is 2. The Morgan fingerprint density at radius 3 is 2.68 bits per heavy atom. The SMILES string of the molecule is C/C=C\C(=C(/C)C#N)N1CCC(Cn2c(CC)nc3ccccc3c2=O)CC1. The van der Waals surface area contributed by atoms with Crippen LogP contribution in [0.3, 0.4) is 0 Å². The fourth-order valence-corrected chi connectivity index (χ4v) is 3.97. The fraction of sp³-hybridized carbons (Fsp3) is 0.435. The predicted octanol–water partition coefficient (Wildman–Crippen LogP) is 4.04. The van der Waals surface area contributed by atoms with Crippen LogP contribution in [-0.4, -0.2) is 27.5 Å². The molecular formula is C23H28N4O. The van der Waals surface area contributed by atoms with Crippen LogP contribution < -0.4 is 5.56 Å². The quantitative estimate of drug-likeness (QED) is 0.583. The Balaban J connectivity index is 1.79. The summed E-state index contributed by atoms with van der Waals surface area (Å²) in [5.74, 6) is 1.30. The minimum absolute atomic E-state index is 0.0692. The second kappa shape index (κ2) is 8.88. The van der Waals surface area contributed by atoms with Gasteiger partial charge in [0.25, 0.3) is 5.56 Å². The average Bonchev–Trinajstić information content (AvgIpc) is 2.74. The largest absolute Gasteiger partial charge is 0.371 e. The summed E-state index contributed by atoms with van der Waals surface area (Å²) in [7, 11) is 0. The van der Waals surface area contributed by atoms with Crippen LogP contribution in [0.2, 0.25) is 0 Å². The third-order valence-electron chi connectivity index (χ3n) is 5.53. The number of likely N-dealkylation sites (tertiary alicyclic amines) is 1. The van der Waals surface area contributed by atoms with Gasteiger partial charge in [0.15, 0.2) is 0 Å². The van der Waals surface area contributed by atoms with Crippen LogP contribution >= 0.6 is 0 Å². The van der Waals surface area contributed by atoms with Crippen LogP contribution in [0.4, 0.5) is 0 Å². The zero-order valence-corrected chi connectivity index (χ0v) is 17.0. The molecule has 0 atom stereocenters. The van der Waals surface area contributed by atoms with Gasteiger partial charge >= 0.3 is 0 Å². The molecule has 0 aliphatic carbocycles. The lowest BCUT2D eigenvalue weighted by Gasteiger charge is -2.35. The number of benzene rings is 1. The minimum Gasteiger partial charge on any atom is -0.371 e. The standard InChI is InChI=1S/C23H28N4O/c1-4-8-21(17(3)15-24)26-13-11-18(12-14-26)16-27-22(5-2)25-20-10-7-6-9-19(20)23(27)28/h4,6-10,18H,5,11-14,16H2,1-3H3/b8-4-,21-17-. The topological polar surface area (TPSA) is 61.9 Å². The van der Waals surface area contributed by atoms with Gasteiger partial charge < -0.3 is 4.90 Å². The van der Waals surface area contributed by atoms with Gasteiger partial charge in [0, 0.05) is 37.3 Å². The van der Waals surface area contributed by atoms with Gasteiger partial charge in [-0.1, -0.05) is 25.1 Å². The molecular weight excluding hydrogens is 348 g/mol. The van der Waals surface area contributed by atoms with Crippen molar-refractivity contribution in [3.8, 4) is 6.07 Å². The van der Waals surface area contributed by atoms with Gasteiger partial charge in [-0.05, 0) is 50.8 Å². The van der Waals surface area contributed by atoms with E-state index in [1.807, 2.05) is 54.8 Å². The minimum atomic E-state index is 0.0692. The van der Waals surface area contributed by atoms with Crippen LogP contribution in [0.5, 0.6) is 0 Å². The molecule has 0 N–H and O–H groups in total. The monoisotopic (exact) mass is 376 g/mol. The second-order valence-corrected chi connectivity index (χ2v) is 7.37. The van der Waals surface area contributed by atoms with Crippen LogP contribution in [-0.2, 0) is 13.0 Å². The summed E-state index contributed by atoms with van der Waals surface area (Å²) in [5, 5.41) is 9.97. The zero-order chi connectivity index (χ0) is 20.1. The summed E-state index contributed by atoms with van der Waals surface area (Å²) < 4.78 is 1.88. The van der Waals surface area contributed by atoms with Crippen LogP contribution in [0.15, 0.2) is 52.5 Å². The number of hydrogen-bond acceptors (Lipinski definition) is 4. The third kappa shape index (κ3) is 4.01. The van der Waals surface area contributed by atoms with Crippen LogP contribution in [0.1, 0.15) is 39.4 Å². The zero-order valence-electron chi connectivity index (χ0n) is 17.0. The van der Waals surface area contributed by atoms with Crippen molar-refractivity contribution >= 4 is 10.9 Å². The van der Waals surface area contributed by atoms with E-state index < -0.39 is 0 Å². The molecule has 0 spiro atoms. The molecule has 1 aromatic heterocycles. The molecule has 1 aliphatic heterocycles. The Morgan fingerprint density at radius 2 is 2.04 bits per heavy atom. The maximum Gasteiger partial charge on any atom is 0.261 e. The molecule has 1 fully saturated rings. The van der Waals surface area contributed by atoms with Crippen molar-refractivity contribution in [2.45, 2.75) is 46.6 Å². The molecule has 2 aromatic rings. The van der Waals surface area contributed by atoms with E-state index in [-0.39, 0.29) is 5.56 Å². The Bertz CT molecular complexity index is 1000. The number of rotatable bonds is 5. The van der Waals surface area contributed by atoms with E-state index in [4.69, 9.17) is 4.98 Å². The molecule has 1 saturated heterocycles. The van der Waals surface area contributed by atoms with E-state index in [0.29, 0.717) is 17.8 Å². The maximum absolute atomic E-state index is 13.0. The number of piperidine rings is 1. The van der Waals surface area contributed by atoms with Crippen molar-refractivity contribution in [1.82, 2.24) is 14.5 Å². The highest BCUT2D eigenvalue weighted by Gasteiger charge is 2.23. The highest BCUT2D eigenvalue weighted by Crippen LogP contribution is 2.24. The smallest absolute Gasteiger partial charge is 0.261 e. The van der Waals surface area contributed by atoms with Gasteiger partial charge in [-0.25, -0.2) is 4.98 Å². The summed E-state index contributed by atoms with van der Waals surface area (Å²) >= 11 is 0. The van der Waals surface area contributed by atoms with Crippen molar-refractivity contribution in [3.63, 3.8) is 0 Å². The molecule has 1 aromatic carbocycles. The number of para-hydroxylation sites is 1. The lowest BCUT2D eigenvalue weighted by Crippen LogP contribution is -2.36. The first-order chi connectivity index (χ1) is 13.6. The number of hydrogen-bond donors (Lipinski definition) is 0. The molecule has 2 heterocycles. The Labute approximate surface area is 166 Å². The second-order valence-electron chi connectivity index (χ2n) is 7.37. The van der Waals surface area contributed by atoms with E-state index in [1.54, 1.807) is 0 Å². The molecule has 0 bridgehead atoms. The van der Waals surface area contributed by atoms with Crippen molar-refractivity contribution < 1.29 is 0 Å². The summed E-state index contributed by atoms with van der Waals surface area (Å²) in [6.07, 6.45) is 6.75. The van der Waals surface area contributed by atoms with Crippen LogP contribution in [0, 0.1) is 17.2 Å². The van der Waals surface area contributed by atoms with Gasteiger partial charge in [0.2, 0.25) is 0 Å². The summed E-state index contributed by atoms with van der Waals surface area (Å²) in [4.78, 5) is 20.0. The first-order valence-corrected chi connectivity index (χ1v) is 10.1. The van der Waals surface area contributed by atoms with E-state index in [9.17, 15) is 10.1 Å². The highest BCUT2D eigenvalue weighted by atomic mass is 16.1. The molecule has 146 valence electrons. The molecule has 0 unspecified atom stereocenters. The van der Waals surface area contributed by atoms with Crippen molar-refractivity contribution in [3.05, 3.63) is 63.9 Å². The lowest BCUT2D eigenvalue weighted by atomic mass is 9.95. The Morgan fingerprint density at radius 1 is 1.32 bits per heavy atom. The van der Waals surface area contributed by atoms with Crippen LogP contribution in [0.25, 0.3) is 10.9 Å². The lowest BCUT2D eigenvalue weighted by molar-refractivity contribution is 0.212. The van der Waals surface area contributed by atoms with E-state index in [2.05, 4.69) is 17.9 Å². The Kier molecular flexibility index (Phi) is 6.30. The maximum atomic E-state index is 13.0. The fourth-order valence-electron chi connectivity index (χ4n) is 3.97. The predicted molar refractivity (Wildman–Crippen MR) is 113 cm³/mol. The molecule has 0 amide bonds.